The maximum absolute atomic E-state index is 11.5. The summed E-state index contributed by atoms with van der Waals surface area (Å²) >= 11 is 1.59. The van der Waals surface area contributed by atoms with E-state index in [1.807, 2.05) is 29.6 Å². The molecule has 0 aliphatic heterocycles. The number of hydrogen-bond donors (Lipinski definition) is 1. The Balaban J connectivity index is 1.94. The highest BCUT2D eigenvalue weighted by molar-refractivity contribution is 7.13. The number of benzene rings is 1. The van der Waals surface area contributed by atoms with Crippen LogP contribution in [0.3, 0.4) is 0 Å². The van der Waals surface area contributed by atoms with Crippen LogP contribution in [0, 0.1) is 0 Å². The van der Waals surface area contributed by atoms with Gasteiger partial charge in [0.1, 0.15) is 10.8 Å². The van der Waals surface area contributed by atoms with Crippen LogP contribution in [0.2, 0.25) is 0 Å². The third-order valence-electron chi connectivity index (χ3n) is 2.94. The summed E-state index contributed by atoms with van der Waals surface area (Å²) in [6.45, 7) is 4.07. The molecule has 2 aromatic rings. The molecule has 0 bridgehead atoms. The monoisotopic (exact) mass is 302 g/mol. The number of methoxy groups -OCH3 is 1. The van der Waals surface area contributed by atoms with Crippen LogP contribution in [0.5, 0.6) is 5.75 Å². The van der Waals surface area contributed by atoms with Gasteiger partial charge in [-0.2, -0.15) is 0 Å². The van der Waals surface area contributed by atoms with Crippen molar-refractivity contribution >= 4 is 17.2 Å². The second-order valence-electron chi connectivity index (χ2n) is 4.47. The van der Waals surface area contributed by atoms with Crippen molar-refractivity contribution in [1.82, 2.24) is 10.3 Å². The third kappa shape index (κ3) is 4.43. The maximum Gasteiger partial charge on any atom is 0.220 e. The van der Waals surface area contributed by atoms with Crippen molar-refractivity contribution in [2.24, 2.45) is 0 Å². The highest BCUT2D eigenvalue weighted by atomic mass is 32.1. The lowest BCUT2D eigenvalue weighted by Gasteiger charge is -2.01. The van der Waals surface area contributed by atoms with Gasteiger partial charge in [-0.15, -0.1) is 17.9 Å². The van der Waals surface area contributed by atoms with Gasteiger partial charge in [-0.3, -0.25) is 4.79 Å². The molecule has 0 unspecified atom stereocenters. The molecule has 0 spiro atoms. The fourth-order valence-corrected chi connectivity index (χ4v) is 2.66. The summed E-state index contributed by atoms with van der Waals surface area (Å²) in [6.07, 6.45) is 2.76. The van der Waals surface area contributed by atoms with E-state index in [0.29, 0.717) is 19.4 Å². The van der Waals surface area contributed by atoms with Gasteiger partial charge >= 0.3 is 0 Å². The summed E-state index contributed by atoms with van der Waals surface area (Å²) in [6, 6.07) is 7.80. The summed E-state index contributed by atoms with van der Waals surface area (Å²) < 4.78 is 5.14. The largest absolute Gasteiger partial charge is 0.497 e. The highest BCUT2D eigenvalue weighted by Crippen LogP contribution is 2.26. The lowest BCUT2D eigenvalue weighted by molar-refractivity contribution is -0.120. The molecule has 5 heteroatoms. The molecule has 1 aromatic carbocycles. The zero-order chi connectivity index (χ0) is 15.1. The normalized spacial score (nSPS) is 10.1. The van der Waals surface area contributed by atoms with Crippen LogP contribution >= 0.6 is 11.3 Å². The molecule has 0 aliphatic rings. The second-order valence-corrected chi connectivity index (χ2v) is 5.32. The number of ether oxygens (including phenoxy) is 1. The molecule has 4 nitrogen and oxygen atoms in total. The Hall–Kier alpha value is -2.14. The molecule has 0 radical (unpaired) electrons. The number of carbonyl (C=O) groups excluding carboxylic acids is 1. The van der Waals surface area contributed by atoms with E-state index in [2.05, 4.69) is 16.9 Å². The van der Waals surface area contributed by atoms with Gasteiger partial charge in [-0.05, 0) is 30.7 Å². The van der Waals surface area contributed by atoms with Crippen molar-refractivity contribution in [2.75, 3.05) is 13.7 Å². The number of nitrogens with zero attached hydrogens (tertiary/aromatic N) is 1. The smallest absolute Gasteiger partial charge is 0.220 e. The van der Waals surface area contributed by atoms with Gasteiger partial charge in [0.15, 0.2) is 0 Å². The molecule has 1 N–H and O–H groups in total. The number of thiazole rings is 1. The number of amides is 1. The Bertz CT molecular complexity index is 605. The Labute approximate surface area is 128 Å². The molecule has 0 saturated carbocycles. The van der Waals surface area contributed by atoms with E-state index in [1.165, 1.54) is 0 Å². The summed E-state index contributed by atoms with van der Waals surface area (Å²) in [5, 5.41) is 5.72. The standard InChI is InChI=1S/C16H18N2O2S/c1-3-10-17-15(19)9-6-13-11-21-16(18-13)12-4-7-14(20-2)8-5-12/h3-5,7-8,11H,1,6,9-10H2,2H3,(H,17,19). The van der Waals surface area contributed by atoms with Gasteiger partial charge in [0.2, 0.25) is 5.91 Å². The number of nitrogens with one attached hydrogen (secondary N) is 1. The maximum atomic E-state index is 11.5. The van der Waals surface area contributed by atoms with Crippen LogP contribution in [0.1, 0.15) is 12.1 Å². The number of rotatable bonds is 7. The van der Waals surface area contributed by atoms with Crippen molar-refractivity contribution in [1.29, 1.82) is 0 Å². The molecular formula is C16H18N2O2S. The van der Waals surface area contributed by atoms with E-state index in [0.717, 1.165) is 22.0 Å². The Morgan fingerprint density at radius 1 is 1.43 bits per heavy atom. The first-order valence-corrected chi connectivity index (χ1v) is 7.57. The van der Waals surface area contributed by atoms with E-state index in [1.54, 1.807) is 24.5 Å². The molecular weight excluding hydrogens is 284 g/mol. The van der Waals surface area contributed by atoms with Crippen LogP contribution in [-0.4, -0.2) is 24.5 Å². The number of aryl methyl sites for hydroxylation is 1. The van der Waals surface area contributed by atoms with Gasteiger partial charge in [0, 0.05) is 23.9 Å². The van der Waals surface area contributed by atoms with Gasteiger partial charge in [-0.25, -0.2) is 4.98 Å². The zero-order valence-corrected chi connectivity index (χ0v) is 12.8. The van der Waals surface area contributed by atoms with E-state index in [-0.39, 0.29) is 5.91 Å². The summed E-state index contributed by atoms with van der Waals surface area (Å²) in [4.78, 5) is 16.1. The van der Waals surface area contributed by atoms with Crippen LogP contribution in [0.25, 0.3) is 10.6 Å². The molecule has 1 aromatic heterocycles. The van der Waals surface area contributed by atoms with E-state index in [9.17, 15) is 4.79 Å². The third-order valence-corrected chi connectivity index (χ3v) is 3.88. The van der Waals surface area contributed by atoms with Crippen molar-refractivity contribution in [3.05, 3.63) is 48.0 Å². The lowest BCUT2D eigenvalue weighted by atomic mass is 10.2. The molecule has 2 rings (SSSR count). The quantitative estimate of drug-likeness (QED) is 0.800. The molecule has 0 fully saturated rings. The van der Waals surface area contributed by atoms with Crippen LogP contribution in [0.15, 0.2) is 42.3 Å². The van der Waals surface area contributed by atoms with Gasteiger partial charge in [-0.1, -0.05) is 6.08 Å². The van der Waals surface area contributed by atoms with Crippen molar-refractivity contribution < 1.29 is 9.53 Å². The molecule has 0 atom stereocenters. The molecule has 21 heavy (non-hydrogen) atoms. The first-order valence-electron chi connectivity index (χ1n) is 6.69. The molecule has 1 amide bonds. The predicted molar refractivity (Wildman–Crippen MR) is 85.6 cm³/mol. The average Bonchev–Trinajstić information content (AvgIpc) is 3.00. The predicted octanol–water partition coefficient (Wildman–Crippen LogP) is 3.05. The Morgan fingerprint density at radius 2 is 2.19 bits per heavy atom. The minimum Gasteiger partial charge on any atom is -0.497 e. The van der Waals surface area contributed by atoms with E-state index >= 15 is 0 Å². The average molecular weight is 302 g/mol. The van der Waals surface area contributed by atoms with Crippen molar-refractivity contribution in [3.8, 4) is 16.3 Å². The Morgan fingerprint density at radius 3 is 2.86 bits per heavy atom. The van der Waals surface area contributed by atoms with Crippen LogP contribution in [-0.2, 0) is 11.2 Å². The van der Waals surface area contributed by atoms with Gasteiger partial charge < -0.3 is 10.1 Å². The lowest BCUT2D eigenvalue weighted by Crippen LogP contribution is -2.23. The number of aromatic nitrogens is 1. The molecule has 110 valence electrons. The van der Waals surface area contributed by atoms with E-state index < -0.39 is 0 Å². The first kappa shape index (κ1) is 15.3. The Kier molecular flexibility index (Phi) is 5.51. The summed E-state index contributed by atoms with van der Waals surface area (Å²) in [5.41, 5.74) is 2.00. The number of carbonyl (C=O) groups is 1. The minimum atomic E-state index is 0.0221. The summed E-state index contributed by atoms with van der Waals surface area (Å²) in [7, 11) is 1.65. The molecule has 0 saturated heterocycles. The molecule has 0 aliphatic carbocycles. The first-order chi connectivity index (χ1) is 10.2. The van der Waals surface area contributed by atoms with Crippen LogP contribution in [0.4, 0.5) is 0 Å². The minimum absolute atomic E-state index is 0.0221. The number of hydrogen-bond acceptors (Lipinski definition) is 4. The fraction of sp³-hybridized carbons (Fsp3) is 0.250. The summed E-state index contributed by atoms with van der Waals surface area (Å²) in [5.74, 6) is 0.850. The zero-order valence-electron chi connectivity index (χ0n) is 12.0. The van der Waals surface area contributed by atoms with Gasteiger partial charge in [0.25, 0.3) is 0 Å². The highest BCUT2D eigenvalue weighted by Gasteiger charge is 2.07. The second kappa shape index (κ2) is 7.59. The van der Waals surface area contributed by atoms with Crippen LogP contribution < -0.4 is 10.1 Å². The SMILES string of the molecule is C=CCNC(=O)CCc1csc(-c2ccc(OC)cc2)n1. The van der Waals surface area contributed by atoms with Gasteiger partial charge in [0.05, 0.1) is 12.8 Å². The fourth-order valence-electron chi connectivity index (χ4n) is 1.80. The molecule has 1 heterocycles. The topological polar surface area (TPSA) is 51.2 Å². The van der Waals surface area contributed by atoms with Crippen molar-refractivity contribution in [3.63, 3.8) is 0 Å². The van der Waals surface area contributed by atoms with Crippen molar-refractivity contribution in [2.45, 2.75) is 12.8 Å². The van der Waals surface area contributed by atoms with E-state index in [4.69, 9.17) is 4.74 Å².